The molecule has 0 saturated carbocycles. The van der Waals surface area contributed by atoms with E-state index in [2.05, 4.69) is 26.1 Å². The molecule has 0 radical (unpaired) electrons. The Balaban J connectivity index is 1.92. The summed E-state index contributed by atoms with van der Waals surface area (Å²) in [4.78, 5) is 23.2. The molecule has 24 heavy (non-hydrogen) atoms. The summed E-state index contributed by atoms with van der Waals surface area (Å²) < 4.78 is 14.1. The quantitative estimate of drug-likeness (QED) is 0.678. The summed E-state index contributed by atoms with van der Waals surface area (Å²) in [5.74, 6) is -0.818. The summed E-state index contributed by atoms with van der Waals surface area (Å²) in [6.45, 7) is 3.85. The number of carbonyl (C=O) groups is 2. The molecule has 1 atom stereocenters. The van der Waals surface area contributed by atoms with Crippen molar-refractivity contribution in [3.05, 3.63) is 30.1 Å². The zero-order valence-corrected chi connectivity index (χ0v) is 14.6. The molecule has 0 fully saturated rings. The Kier molecular flexibility index (Phi) is 6.50. The van der Waals surface area contributed by atoms with Gasteiger partial charge in [0.25, 0.3) is 0 Å². The average Bonchev–Trinajstić information content (AvgIpc) is 2.97. The Morgan fingerprint density at radius 2 is 2.08 bits per heavy atom. The predicted octanol–water partition coefficient (Wildman–Crippen LogP) is 2.75. The van der Waals surface area contributed by atoms with Crippen LogP contribution >= 0.6 is 23.1 Å². The molecule has 0 unspecified atom stereocenters. The van der Waals surface area contributed by atoms with Gasteiger partial charge in [0.2, 0.25) is 11.0 Å². The lowest BCUT2D eigenvalue weighted by Crippen LogP contribution is -2.42. The molecule has 10 heteroatoms. The minimum absolute atomic E-state index is 0.298. The molecule has 1 heterocycles. The zero-order chi connectivity index (χ0) is 17.5. The standard InChI is InChI=1S/C14H16FN5O2S2/c1-3-16-12(22)18-11(21)8(2)23-14-20-19-13(24-14)17-10-7-5-4-6-9(10)15/h4-8H,3H2,1-2H3,(H,17,19)(H2,16,18,21,22)/t8-/m0/s1. The first kappa shape index (κ1) is 18.1. The number of thioether (sulfide) groups is 1. The van der Waals surface area contributed by atoms with E-state index in [1.54, 1.807) is 32.0 Å². The Bertz CT molecular complexity index is 725. The van der Waals surface area contributed by atoms with Gasteiger partial charge in [0.05, 0.1) is 10.9 Å². The SMILES string of the molecule is CCNC(=O)NC(=O)[C@H](C)Sc1nnc(Nc2ccccc2F)s1. The number of halogens is 1. The van der Waals surface area contributed by atoms with E-state index < -0.39 is 23.0 Å². The molecule has 2 rings (SSSR count). The van der Waals surface area contributed by atoms with Crippen molar-refractivity contribution in [1.29, 1.82) is 0 Å². The van der Waals surface area contributed by atoms with Crippen molar-refractivity contribution >= 4 is 45.9 Å². The number of aromatic nitrogens is 2. The van der Waals surface area contributed by atoms with Crippen LogP contribution in [0.3, 0.4) is 0 Å². The van der Waals surface area contributed by atoms with Crippen LogP contribution in [-0.2, 0) is 4.79 Å². The van der Waals surface area contributed by atoms with E-state index in [9.17, 15) is 14.0 Å². The van der Waals surface area contributed by atoms with Crippen LogP contribution in [0.25, 0.3) is 0 Å². The molecule has 0 aliphatic rings. The van der Waals surface area contributed by atoms with Crippen LogP contribution in [0.15, 0.2) is 28.6 Å². The van der Waals surface area contributed by atoms with Crippen molar-refractivity contribution in [2.45, 2.75) is 23.4 Å². The van der Waals surface area contributed by atoms with Crippen molar-refractivity contribution in [1.82, 2.24) is 20.8 Å². The van der Waals surface area contributed by atoms with Crippen LogP contribution in [-0.4, -0.2) is 33.9 Å². The molecule has 0 bridgehead atoms. The van der Waals surface area contributed by atoms with Gasteiger partial charge >= 0.3 is 6.03 Å². The minimum atomic E-state index is -0.533. The van der Waals surface area contributed by atoms with E-state index in [1.807, 2.05) is 0 Å². The summed E-state index contributed by atoms with van der Waals surface area (Å²) >= 11 is 2.36. The van der Waals surface area contributed by atoms with Gasteiger partial charge in [-0.25, -0.2) is 9.18 Å². The van der Waals surface area contributed by atoms with E-state index in [0.717, 1.165) is 0 Å². The highest BCUT2D eigenvalue weighted by Crippen LogP contribution is 2.30. The largest absolute Gasteiger partial charge is 0.338 e. The summed E-state index contributed by atoms with van der Waals surface area (Å²) in [6.07, 6.45) is 0. The van der Waals surface area contributed by atoms with Gasteiger partial charge in [-0.3, -0.25) is 10.1 Å². The first-order valence-electron chi connectivity index (χ1n) is 7.10. The maximum Gasteiger partial charge on any atom is 0.321 e. The molecule has 128 valence electrons. The van der Waals surface area contributed by atoms with Gasteiger partial charge in [0.15, 0.2) is 4.34 Å². The van der Waals surface area contributed by atoms with Crippen molar-refractivity contribution in [3.63, 3.8) is 0 Å². The molecule has 7 nitrogen and oxygen atoms in total. The van der Waals surface area contributed by atoms with E-state index in [4.69, 9.17) is 0 Å². The number of hydrogen-bond donors (Lipinski definition) is 3. The van der Waals surface area contributed by atoms with Crippen LogP contribution in [0.1, 0.15) is 13.8 Å². The molecule has 2 aromatic rings. The fourth-order valence-electron chi connectivity index (χ4n) is 1.61. The van der Waals surface area contributed by atoms with E-state index >= 15 is 0 Å². The molecule has 3 N–H and O–H groups in total. The average molecular weight is 369 g/mol. The van der Waals surface area contributed by atoms with Gasteiger partial charge in [-0.1, -0.05) is 35.2 Å². The van der Waals surface area contributed by atoms with Crippen molar-refractivity contribution in [2.24, 2.45) is 0 Å². The number of anilines is 2. The Morgan fingerprint density at radius 3 is 2.79 bits per heavy atom. The lowest BCUT2D eigenvalue weighted by molar-refractivity contribution is -0.119. The highest BCUT2D eigenvalue weighted by Gasteiger charge is 2.19. The smallest absolute Gasteiger partial charge is 0.321 e. The third-order valence-electron chi connectivity index (χ3n) is 2.74. The van der Waals surface area contributed by atoms with Crippen molar-refractivity contribution in [2.75, 3.05) is 11.9 Å². The summed E-state index contributed by atoms with van der Waals surface area (Å²) in [5.41, 5.74) is 0.298. The second-order valence-corrected chi connectivity index (χ2v) is 7.15. The number of benzene rings is 1. The Morgan fingerprint density at radius 1 is 1.33 bits per heavy atom. The van der Waals surface area contributed by atoms with Crippen LogP contribution in [0.4, 0.5) is 20.0 Å². The number of carbonyl (C=O) groups excluding carboxylic acids is 2. The van der Waals surface area contributed by atoms with Crippen LogP contribution < -0.4 is 16.0 Å². The third-order valence-corrected chi connectivity index (χ3v) is 4.77. The van der Waals surface area contributed by atoms with Gasteiger partial charge in [0, 0.05) is 6.54 Å². The van der Waals surface area contributed by atoms with E-state index in [1.165, 1.54) is 29.2 Å². The monoisotopic (exact) mass is 369 g/mol. The number of nitrogens with zero attached hydrogens (tertiary/aromatic N) is 2. The van der Waals surface area contributed by atoms with Crippen LogP contribution in [0, 0.1) is 5.82 Å². The zero-order valence-electron chi connectivity index (χ0n) is 13.0. The number of rotatable bonds is 6. The highest BCUT2D eigenvalue weighted by molar-refractivity contribution is 8.02. The highest BCUT2D eigenvalue weighted by atomic mass is 32.2. The van der Waals surface area contributed by atoms with Gasteiger partial charge in [-0.05, 0) is 26.0 Å². The van der Waals surface area contributed by atoms with Gasteiger partial charge < -0.3 is 10.6 Å². The molecular weight excluding hydrogens is 353 g/mol. The third kappa shape index (κ3) is 5.17. The number of hydrogen-bond acceptors (Lipinski definition) is 7. The number of urea groups is 1. The lowest BCUT2D eigenvalue weighted by Gasteiger charge is -2.09. The van der Waals surface area contributed by atoms with Gasteiger partial charge in [-0.2, -0.15) is 0 Å². The Labute approximate surface area is 146 Å². The molecule has 1 aromatic carbocycles. The normalized spacial score (nSPS) is 11.6. The Hall–Kier alpha value is -2.20. The maximum atomic E-state index is 13.6. The molecule has 0 aliphatic carbocycles. The summed E-state index contributed by atoms with van der Waals surface area (Å²) in [6, 6.07) is 5.69. The molecule has 0 spiro atoms. The molecular formula is C14H16FN5O2S2. The minimum Gasteiger partial charge on any atom is -0.338 e. The molecule has 0 aliphatic heterocycles. The molecule has 1 aromatic heterocycles. The van der Waals surface area contributed by atoms with E-state index in [-0.39, 0.29) is 0 Å². The number of para-hydroxylation sites is 1. The maximum absolute atomic E-state index is 13.6. The first-order valence-corrected chi connectivity index (χ1v) is 8.79. The lowest BCUT2D eigenvalue weighted by atomic mass is 10.3. The topological polar surface area (TPSA) is 96.0 Å². The first-order chi connectivity index (χ1) is 11.5. The fourth-order valence-corrected chi connectivity index (χ4v) is 3.52. The molecule has 0 saturated heterocycles. The van der Waals surface area contributed by atoms with E-state index in [0.29, 0.717) is 21.7 Å². The number of nitrogens with one attached hydrogen (secondary N) is 3. The predicted molar refractivity (Wildman–Crippen MR) is 92.1 cm³/mol. The van der Waals surface area contributed by atoms with Gasteiger partial charge in [-0.15, -0.1) is 10.2 Å². The molecule has 3 amide bonds. The van der Waals surface area contributed by atoms with Crippen molar-refractivity contribution in [3.8, 4) is 0 Å². The summed E-state index contributed by atoms with van der Waals surface area (Å²) in [7, 11) is 0. The number of imide groups is 1. The number of amides is 3. The second-order valence-electron chi connectivity index (χ2n) is 4.59. The van der Waals surface area contributed by atoms with Crippen LogP contribution in [0.2, 0.25) is 0 Å². The second kappa shape index (κ2) is 8.60. The fraction of sp³-hybridized carbons (Fsp3) is 0.286. The summed E-state index contributed by atoms with van der Waals surface area (Å²) in [5, 5.41) is 15.3. The van der Waals surface area contributed by atoms with Crippen molar-refractivity contribution < 1.29 is 14.0 Å². The van der Waals surface area contributed by atoms with Crippen LogP contribution in [0.5, 0.6) is 0 Å². The van der Waals surface area contributed by atoms with Gasteiger partial charge in [0.1, 0.15) is 5.82 Å².